The number of rotatable bonds is 4. The fraction of sp³-hybridized carbons (Fsp3) is 0.714. The van der Waals surface area contributed by atoms with Crippen LogP contribution < -0.4 is 10.6 Å². The minimum absolute atomic E-state index is 0.271. The number of aliphatic hydroxyl groups is 1. The zero-order chi connectivity index (χ0) is 17.1. The number of hydrogen-bond acceptors (Lipinski definition) is 7. The highest BCUT2D eigenvalue weighted by Gasteiger charge is 2.36. The number of anilines is 1. The SMILES string of the molecule is Cc1cn([C@@H]2C[C@@H](N=[N+]=[N-])[C@H](CO)O2)c(=O)nc1N1CCOCC1. The fourth-order valence-electron chi connectivity index (χ4n) is 3.10. The Morgan fingerprint density at radius 2 is 2.25 bits per heavy atom. The molecular weight excluding hydrogens is 316 g/mol. The molecule has 1 aromatic rings. The van der Waals surface area contributed by atoms with Crippen molar-refractivity contribution in [1.29, 1.82) is 0 Å². The molecule has 2 saturated heterocycles. The molecule has 0 radical (unpaired) electrons. The first-order valence-corrected chi connectivity index (χ1v) is 7.87. The molecule has 3 atom stereocenters. The van der Waals surface area contributed by atoms with Gasteiger partial charge in [-0.15, -0.1) is 0 Å². The Labute approximate surface area is 138 Å². The lowest BCUT2D eigenvalue weighted by atomic mass is 10.1. The van der Waals surface area contributed by atoms with Crippen LogP contribution in [-0.2, 0) is 9.47 Å². The third-order valence-corrected chi connectivity index (χ3v) is 4.31. The van der Waals surface area contributed by atoms with Crippen molar-refractivity contribution in [2.45, 2.75) is 31.7 Å². The molecule has 0 aromatic carbocycles. The van der Waals surface area contributed by atoms with Crippen molar-refractivity contribution in [2.75, 3.05) is 37.8 Å². The van der Waals surface area contributed by atoms with Crippen LogP contribution in [0.15, 0.2) is 16.1 Å². The molecule has 0 bridgehead atoms. The van der Waals surface area contributed by atoms with Crippen molar-refractivity contribution >= 4 is 5.82 Å². The zero-order valence-corrected chi connectivity index (χ0v) is 13.4. The molecule has 24 heavy (non-hydrogen) atoms. The Bertz CT molecular complexity index is 695. The summed E-state index contributed by atoms with van der Waals surface area (Å²) in [5.74, 6) is 0.655. The van der Waals surface area contributed by atoms with E-state index in [1.165, 1.54) is 4.57 Å². The number of azide groups is 1. The molecule has 10 heteroatoms. The molecule has 0 aliphatic carbocycles. The second-order valence-corrected chi connectivity index (χ2v) is 5.86. The highest BCUT2D eigenvalue weighted by molar-refractivity contribution is 5.45. The van der Waals surface area contributed by atoms with Crippen LogP contribution in [0.5, 0.6) is 0 Å². The van der Waals surface area contributed by atoms with Crippen molar-refractivity contribution in [3.05, 3.63) is 32.7 Å². The van der Waals surface area contributed by atoms with Gasteiger partial charge in [0.2, 0.25) is 0 Å². The Hall–Kier alpha value is -2.13. The highest BCUT2D eigenvalue weighted by Crippen LogP contribution is 2.30. The lowest BCUT2D eigenvalue weighted by Gasteiger charge is -2.29. The van der Waals surface area contributed by atoms with E-state index in [-0.39, 0.29) is 6.61 Å². The molecule has 0 unspecified atom stereocenters. The molecule has 3 rings (SSSR count). The van der Waals surface area contributed by atoms with Crippen molar-refractivity contribution in [3.8, 4) is 0 Å². The van der Waals surface area contributed by atoms with Gasteiger partial charge in [0.15, 0.2) is 0 Å². The Balaban J connectivity index is 1.86. The highest BCUT2D eigenvalue weighted by atomic mass is 16.5. The Morgan fingerprint density at radius 1 is 1.50 bits per heavy atom. The van der Waals surface area contributed by atoms with Crippen LogP contribution in [0.25, 0.3) is 10.4 Å². The summed E-state index contributed by atoms with van der Waals surface area (Å²) in [6.45, 7) is 4.24. The third kappa shape index (κ3) is 3.22. The molecule has 1 N–H and O–H groups in total. The van der Waals surface area contributed by atoms with Crippen molar-refractivity contribution < 1.29 is 14.6 Å². The molecule has 1 aromatic heterocycles. The van der Waals surface area contributed by atoms with Crippen molar-refractivity contribution in [3.63, 3.8) is 0 Å². The van der Waals surface area contributed by atoms with Gasteiger partial charge in [0, 0.05) is 36.2 Å². The van der Waals surface area contributed by atoms with Gasteiger partial charge in [-0.1, -0.05) is 5.11 Å². The monoisotopic (exact) mass is 336 g/mol. The summed E-state index contributed by atoms with van der Waals surface area (Å²) in [5, 5.41) is 13.0. The molecule has 130 valence electrons. The van der Waals surface area contributed by atoms with Gasteiger partial charge in [0.05, 0.1) is 32.0 Å². The molecule has 0 saturated carbocycles. The van der Waals surface area contributed by atoms with Crippen LogP contribution >= 0.6 is 0 Å². The fourth-order valence-corrected chi connectivity index (χ4v) is 3.10. The van der Waals surface area contributed by atoms with Gasteiger partial charge in [-0.25, -0.2) is 4.79 Å². The molecule has 2 fully saturated rings. The Kier molecular flexibility index (Phi) is 5.00. The average molecular weight is 336 g/mol. The molecule has 2 aliphatic heterocycles. The van der Waals surface area contributed by atoms with E-state index in [0.29, 0.717) is 38.5 Å². The van der Waals surface area contributed by atoms with Crippen LogP contribution in [0, 0.1) is 6.92 Å². The maximum Gasteiger partial charge on any atom is 0.351 e. The number of hydrogen-bond donors (Lipinski definition) is 1. The maximum atomic E-state index is 12.4. The van der Waals surface area contributed by atoms with Gasteiger partial charge in [0.25, 0.3) is 0 Å². The lowest BCUT2D eigenvalue weighted by molar-refractivity contribution is -0.0270. The summed E-state index contributed by atoms with van der Waals surface area (Å²) in [4.78, 5) is 21.4. The summed E-state index contributed by atoms with van der Waals surface area (Å²) >= 11 is 0. The topological polar surface area (TPSA) is 126 Å². The third-order valence-electron chi connectivity index (χ3n) is 4.31. The zero-order valence-electron chi connectivity index (χ0n) is 13.4. The second-order valence-electron chi connectivity index (χ2n) is 5.86. The molecule has 3 heterocycles. The van der Waals surface area contributed by atoms with Crippen molar-refractivity contribution in [1.82, 2.24) is 9.55 Å². The first-order valence-electron chi connectivity index (χ1n) is 7.87. The van der Waals surface area contributed by atoms with Gasteiger partial charge in [-0.05, 0) is 12.5 Å². The molecule has 10 nitrogen and oxygen atoms in total. The van der Waals surface area contributed by atoms with Gasteiger partial charge in [-0.3, -0.25) is 4.57 Å². The van der Waals surface area contributed by atoms with Crippen LogP contribution in [0.2, 0.25) is 0 Å². The number of morpholine rings is 1. The summed E-state index contributed by atoms with van der Waals surface area (Å²) in [7, 11) is 0. The minimum Gasteiger partial charge on any atom is -0.394 e. The second kappa shape index (κ2) is 7.18. The van der Waals surface area contributed by atoms with Crippen molar-refractivity contribution in [2.24, 2.45) is 5.11 Å². The number of nitrogens with zero attached hydrogens (tertiary/aromatic N) is 6. The maximum absolute atomic E-state index is 12.4. The molecular formula is C14H20N6O4. The first-order chi connectivity index (χ1) is 11.6. The van der Waals surface area contributed by atoms with E-state index in [1.807, 2.05) is 11.8 Å². The average Bonchev–Trinajstić information content (AvgIpc) is 3.00. The van der Waals surface area contributed by atoms with Gasteiger partial charge < -0.3 is 19.5 Å². The quantitative estimate of drug-likeness (QED) is 0.480. The van der Waals surface area contributed by atoms with Crippen LogP contribution in [-0.4, -0.2) is 59.7 Å². The van der Waals surface area contributed by atoms with Gasteiger partial charge in [-0.2, -0.15) is 4.98 Å². The lowest BCUT2D eigenvalue weighted by Crippen LogP contribution is -2.39. The first kappa shape index (κ1) is 16.7. The van der Waals surface area contributed by atoms with E-state index < -0.39 is 24.1 Å². The summed E-state index contributed by atoms with van der Waals surface area (Å²) in [5.41, 5.74) is 9.03. The minimum atomic E-state index is -0.614. The number of ether oxygens (including phenoxy) is 2. The van der Waals surface area contributed by atoms with E-state index in [2.05, 4.69) is 15.0 Å². The normalized spacial score (nSPS) is 27.1. The van der Waals surface area contributed by atoms with Gasteiger partial charge >= 0.3 is 5.69 Å². The standard InChI is InChI=1S/C14H20N6O4/c1-9-7-20(12-6-10(17-18-15)11(8-21)24-12)14(22)16-13(9)19-2-4-23-5-3-19/h7,10-12,21H,2-6,8H2,1H3/t10-,11+,12+/m1/s1. The van der Waals surface area contributed by atoms with E-state index in [9.17, 15) is 9.90 Å². The van der Waals surface area contributed by atoms with Crippen LogP contribution in [0.3, 0.4) is 0 Å². The van der Waals surface area contributed by atoms with Crippen LogP contribution in [0.4, 0.5) is 5.82 Å². The number of aromatic nitrogens is 2. The predicted octanol–water partition coefficient (Wildman–Crippen LogP) is 0.347. The summed E-state index contributed by atoms with van der Waals surface area (Å²) in [6, 6.07) is -0.504. The van der Waals surface area contributed by atoms with E-state index >= 15 is 0 Å². The largest absolute Gasteiger partial charge is 0.394 e. The Morgan fingerprint density at radius 3 is 2.92 bits per heavy atom. The molecule has 0 amide bonds. The van der Waals surface area contributed by atoms with Crippen LogP contribution in [0.1, 0.15) is 18.2 Å². The summed E-state index contributed by atoms with van der Waals surface area (Å²) in [6.07, 6.45) is 0.817. The number of aryl methyl sites for hydroxylation is 1. The number of aliphatic hydroxyl groups excluding tert-OH is 1. The van der Waals surface area contributed by atoms with Gasteiger partial charge in [0.1, 0.15) is 12.0 Å². The van der Waals surface area contributed by atoms with E-state index in [0.717, 1.165) is 5.56 Å². The smallest absolute Gasteiger partial charge is 0.351 e. The summed E-state index contributed by atoms with van der Waals surface area (Å²) < 4.78 is 12.4. The van der Waals surface area contributed by atoms with E-state index in [1.54, 1.807) is 6.20 Å². The van der Waals surface area contributed by atoms with E-state index in [4.69, 9.17) is 15.0 Å². The molecule has 2 aliphatic rings. The molecule has 0 spiro atoms. The predicted molar refractivity (Wildman–Crippen MR) is 84.8 cm³/mol.